The van der Waals surface area contributed by atoms with Crippen LogP contribution < -0.4 is 9.64 Å². The summed E-state index contributed by atoms with van der Waals surface area (Å²) in [5.74, 6) is 0.244. The first-order valence-electron chi connectivity index (χ1n) is 5.94. The van der Waals surface area contributed by atoms with Gasteiger partial charge in [-0.1, -0.05) is 11.6 Å². The van der Waals surface area contributed by atoms with Gasteiger partial charge in [0.1, 0.15) is 5.75 Å². The molecule has 0 spiro atoms. The van der Waals surface area contributed by atoms with Crippen molar-refractivity contribution in [3.8, 4) is 5.75 Å². The molecule has 1 heterocycles. The van der Waals surface area contributed by atoms with Gasteiger partial charge in [0.2, 0.25) is 0 Å². The highest BCUT2D eigenvalue weighted by Gasteiger charge is 2.41. The lowest BCUT2D eigenvalue weighted by atomic mass is 10.0. The number of carbonyl (C=O) groups is 1. The average Bonchev–Trinajstić information content (AvgIpc) is 2.35. The topological polar surface area (TPSA) is 70.0 Å². The van der Waals surface area contributed by atoms with Crippen LogP contribution in [-0.4, -0.2) is 41.0 Å². The van der Waals surface area contributed by atoms with Gasteiger partial charge < -0.3 is 19.8 Å². The summed E-state index contributed by atoms with van der Waals surface area (Å²) in [6.07, 6.45) is -1.01. The Morgan fingerprint density at radius 3 is 2.79 bits per heavy atom. The van der Waals surface area contributed by atoms with Crippen molar-refractivity contribution >= 4 is 23.2 Å². The summed E-state index contributed by atoms with van der Waals surface area (Å²) >= 11 is 5.93. The van der Waals surface area contributed by atoms with Gasteiger partial charge in [-0.2, -0.15) is 0 Å². The van der Waals surface area contributed by atoms with Crippen molar-refractivity contribution in [2.45, 2.75) is 25.6 Å². The van der Waals surface area contributed by atoms with E-state index >= 15 is 0 Å². The largest absolute Gasteiger partial charge is 0.476 e. The van der Waals surface area contributed by atoms with Gasteiger partial charge >= 0.3 is 0 Å². The number of ether oxygens (including phenoxy) is 1. The van der Waals surface area contributed by atoms with E-state index in [-0.39, 0.29) is 12.5 Å². The molecule has 5 nitrogen and oxygen atoms in total. The number of benzene rings is 1. The standard InChI is InChI=1S/C13H16ClNO4/c1-13(2)12(18)15(6-9(17)7-16)10-5-8(14)3-4-11(10)19-13/h3-5,9,16-17H,6-7H2,1-2H3. The fraction of sp³-hybridized carbons (Fsp3) is 0.462. The second-order valence-electron chi connectivity index (χ2n) is 4.98. The molecule has 1 atom stereocenters. The normalized spacial score (nSPS) is 18.8. The molecular formula is C13H16ClNO4. The third-order valence-corrected chi connectivity index (χ3v) is 3.18. The van der Waals surface area contributed by atoms with E-state index in [2.05, 4.69) is 0 Å². The Morgan fingerprint density at radius 2 is 2.16 bits per heavy atom. The molecule has 0 saturated heterocycles. The Morgan fingerprint density at radius 1 is 1.47 bits per heavy atom. The molecule has 0 aromatic heterocycles. The van der Waals surface area contributed by atoms with Crippen molar-refractivity contribution in [3.05, 3.63) is 23.2 Å². The maximum atomic E-state index is 12.3. The van der Waals surface area contributed by atoms with E-state index in [4.69, 9.17) is 21.4 Å². The molecule has 1 aliphatic rings. The Bertz CT molecular complexity index is 503. The molecule has 0 saturated carbocycles. The summed E-state index contributed by atoms with van der Waals surface area (Å²) in [5.41, 5.74) is -0.514. The van der Waals surface area contributed by atoms with E-state index in [0.717, 1.165) is 0 Å². The van der Waals surface area contributed by atoms with Gasteiger partial charge in [-0.05, 0) is 32.0 Å². The number of fused-ring (bicyclic) bond motifs is 1. The summed E-state index contributed by atoms with van der Waals surface area (Å²) in [5, 5.41) is 19.0. The number of amides is 1. The summed E-state index contributed by atoms with van der Waals surface area (Å²) in [4.78, 5) is 13.7. The van der Waals surface area contributed by atoms with Crippen LogP contribution in [0.3, 0.4) is 0 Å². The van der Waals surface area contributed by atoms with Gasteiger partial charge in [0.25, 0.3) is 5.91 Å². The van der Waals surface area contributed by atoms with Crippen molar-refractivity contribution < 1.29 is 19.7 Å². The quantitative estimate of drug-likeness (QED) is 0.875. The fourth-order valence-electron chi connectivity index (χ4n) is 1.99. The predicted octanol–water partition coefficient (Wildman–Crippen LogP) is 1.20. The van der Waals surface area contributed by atoms with Crippen LogP contribution in [0.1, 0.15) is 13.8 Å². The molecule has 1 unspecified atom stereocenters. The molecule has 1 amide bonds. The van der Waals surface area contributed by atoms with Gasteiger partial charge in [0, 0.05) is 5.02 Å². The highest BCUT2D eigenvalue weighted by molar-refractivity contribution is 6.31. The molecule has 1 aromatic rings. The van der Waals surface area contributed by atoms with E-state index in [1.54, 1.807) is 32.0 Å². The van der Waals surface area contributed by atoms with Crippen LogP contribution in [0, 0.1) is 0 Å². The molecule has 2 N–H and O–H groups in total. The number of anilines is 1. The Kier molecular flexibility index (Phi) is 3.71. The summed E-state index contributed by atoms with van der Waals surface area (Å²) in [6.45, 7) is 2.90. The summed E-state index contributed by atoms with van der Waals surface area (Å²) in [7, 11) is 0. The third kappa shape index (κ3) is 2.68. The predicted molar refractivity (Wildman–Crippen MR) is 71.6 cm³/mol. The molecule has 6 heteroatoms. The van der Waals surface area contributed by atoms with E-state index < -0.39 is 18.3 Å². The van der Waals surface area contributed by atoms with Crippen LogP contribution in [0.15, 0.2) is 18.2 Å². The van der Waals surface area contributed by atoms with Crippen LogP contribution in [0.5, 0.6) is 5.75 Å². The van der Waals surface area contributed by atoms with E-state index in [1.165, 1.54) is 4.90 Å². The Labute approximate surface area is 116 Å². The van der Waals surface area contributed by atoms with Crippen LogP contribution in [0.25, 0.3) is 0 Å². The number of carbonyl (C=O) groups excluding carboxylic acids is 1. The number of hydrogen-bond acceptors (Lipinski definition) is 4. The number of β-amino-alcohol motifs (C(OH)–C–C–N with tert-alkyl or cyclic N) is 1. The van der Waals surface area contributed by atoms with Crippen molar-refractivity contribution in [1.29, 1.82) is 0 Å². The molecule has 0 aliphatic carbocycles. The van der Waals surface area contributed by atoms with Gasteiger partial charge in [0.05, 0.1) is 24.9 Å². The third-order valence-electron chi connectivity index (χ3n) is 2.94. The van der Waals surface area contributed by atoms with E-state index in [1.807, 2.05) is 0 Å². The van der Waals surface area contributed by atoms with E-state index in [0.29, 0.717) is 16.5 Å². The van der Waals surface area contributed by atoms with Crippen molar-refractivity contribution in [2.75, 3.05) is 18.1 Å². The molecule has 1 aliphatic heterocycles. The first-order chi connectivity index (χ1) is 8.85. The van der Waals surface area contributed by atoms with Crippen LogP contribution >= 0.6 is 11.6 Å². The van der Waals surface area contributed by atoms with Gasteiger partial charge in [-0.25, -0.2) is 0 Å². The lowest BCUT2D eigenvalue weighted by Crippen LogP contribution is -2.54. The lowest BCUT2D eigenvalue weighted by Gasteiger charge is -2.39. The van der Waals surface area contributed by atoms with Crippen molar-refractivity contribution in [2.24, 2.45) is 0 Å². The van der Waals surface area contributed by atoms with Crippen molar-refractivity contribution in [3.63, 3.8) is 0 Å². The molecule has 0 radical (unpaired) electrons. The first kappa shape index (κ1) is 14.1. The first-order valence-corrected chi connectivity index (χ1v) is 6.32. The minimum Gasteiger partial charge on any atom is -0.476 e. The fourth-order valence-corrected chi connectivity index (χ4v) is 2.16. The Balaban J connectivity index is 2.44. The number of halogens is 1. The van der Waals surface area contributed by atoms with Crippen LogP contribution in [0.4, 0.5) is 5.69 Å². The molecular weight excluding hydrogens is 270 g/mol. The zero-order valence-electron chi connectivity index (χ0n) is 10.8. The zero-order chi connectivity index (χ0) is 14.2. The smallest absolute Gasteiger partial charge is 0.270 e. The van der Waals surface area contributed by atoms with Crippen molar-refractivity contribution in [1.82, 2.24) is 0 Å². The maximum Gasteiger partial charge on any atom is 0.270 e. The molecule has 0 fully saturated rings. The molecule has 1 aromatic carbocycles. The second kappa shape index (κ2) is 5.00. The monoisotopic (exact) mass is 285 g/mol. The minimum atomic E-state index is -1.02. The number of hydrogen-bond donors (Lipinski definition) is 2. The lowest BCUT2D eigenvalue weighted by molar-refractivity contribution is -0.133. The summed E-state index contributed by atoms with van der Waals surface area (Å²) < 4.78 is 5.64. The second-order valence-corrected chi connectivity index (χ2v) is 5.41. The number of aliphatic hydroxyl groups is 2. The molecule has 104 valence electrons. The van der Waals surface area contributed by atoms with Gasteiger partial charge in [-0.15, -0.1) is 0 Å². The SMILES string of the molecule is CC1(C)Oc2ccc(Cl)cc2N(CC(O)CO)C1=O. The van der Waals surface area contributed by atoms with E-state index in [9.17, 15) is 9.90 Å². The van der Waals surface area contributed by atoms with Gasteiger partial charge in [0.15, 0.2) is 5.60 Å². The number of aliphatic hydroxyl groups excluding tert-OH is 2. The van der Waals surface area contributed by atoms with Gasteiger partial charge in [-0.3, -0.25) is 4.79 Å². The highest BCUT2D eigenvalue weighted by atomic mass is 35.5. The molecule has 19 heavy (non-hydrogen) atoms. The maximum absolute atomic E-state index is 12.3. The minimum absolute atomic E-state index is 0.00450. The zero-order valence-corrected chi connectivity index (χ0v) is 11.5. The van der Waals surface area contributed by atoms with Crippen LogP contribution in [-0.2, 0) is 4.79 Å². The van der Waals surface area contributed by atoms with Crippen LogP contribution in [0.2, 0.25) is 5.02 Å². The summed E-state index contributed by atoms with van der Waals surface area (Å²) in [6, 6.07) is 4.96. The molecule has 0 bridgehead atoms. The number of nitrogens with zero attached hydrogens (tertiary/aromatic N) is 1. The average molecular weight is 286 g/mol. The molecule has 2 rings (SSSR count). The number of rotatable bonds is 3. The Hall–Kier alpha value is -1.30. The highest BCUT2D eigenvalue weighted by Crippen LogP contribution is 2.39.